The van der Waals surface area contributed by atoms with Crippen molar-refractivity contribution >= 4 is 5.97 Å². The number of hydrogen-bond acceptors (Lipinski definition) is 4. The molecule has 0 bridgehead atoms. The zero-order valence-corrected chi connectivity index (χ0v) is 10.5. The first-order valence-electron chi connectivity index (χ1n) is 5.94. The topological polar surface area (TPSA) is 90.0 Å². The summed E-state index contributed by atoms with van der Waals surface area (Å²) in [5.41, 5.74) is 0.443. The number of aryl methyl sites for hydroxylation is 2. The van der Waals surface area contributed by atoms with Crippen LogP contribution in [0.25, 0.3) is 0 Å². The van der Waals surface area contributed by atoms with Crippen molar-refractivity contribution in [3.63, 3.8) is 0 Å². The zero-order chi connectivity index (χ0) is 13.8. The van der Waals surface area contributed by atoms with E-state index >= 15 is 0 Å². The average molecular weight is 262 g/mol. The molecule has 2 heterocycles. The summed E-state index contributed by atoms with van der Waals surface area (Å²) in [7, 11) is 0. The van der Waals surface area contributed by atoms with Gasteiger partial charge in [-0.25, -0.2) is 9.48 Å². The van der Waals surface area contributed by atoms with Crippen LogP contribution >= 0.6 is 0 Å². The van der Waals surface area contributed by atoms with E-state index in [1.807, 2.05) is 6.92 Å². The largest absolute Gasteiger partial charge is 0.476 e. The van der Waals surface area contributed by atoms with E-state index in [2.05, 4.69) is 10.3 Å². The Labute approximate surface area is 109 Å². The van der Waals surface area contributed by atoms with Crippen LogP contribution in [0.1, 0.15) is 23.1 Å². The quantitative estimate of drug-likeness (QED) is 0.842. The second-order valence-electron chi connectivity index (χ2n) is 4.00. The normalized spacial score (nSPS) is 10.6. The maximum atomic E-state index is 11.5. The molecule has 0 spiro atoms. The average Bonchev–Trinajstić information content (AvgIpc) is 2.81. The standard InChI is InChI=1S/C12H14N4O3/c1-2-9-11(12(18)19)13-14-16(9)8-7-15-6-4-3-5-10(15)17/h3-6H,2,7-8H2,1H3,(H,18,19). The molecule has 2 aromatic heterocycles. The molecule has 0 fully saturated rings. The summed E-state index contributed by atoms with van der Waals surface area (Å²) < 4.78 is 3.07. The van der Waals surface area contributed by atoms with Crippen LogP contribution < -0.4 is 5.56 Å². The molecule has 7 heteroatoms. The maximum Gasteiger partial charge on any atom is 0.358 e. The highest BCUT2D eigenvalue weighted by molar-refractivity contribution is 5.86. The van der Waals surface area contributed by atoms with E-state index in [1.165, 1.54) is 10.7 Å². The van der Waals surface area contributed by atoms with Crippen LogP contribution in [0.4, 0.5) is 0 Å². The fourth-order valence-electron chi connectivity index (χ4n) is 1.88. The molecule has 0 saturated heterocycles. The van der Waals surface area contributed by atoms with Crippen molar-refractivity contribution in [3.05, 3.63) is 46.1 Å². The Morgan fingerprint density at radius 1 is 1.37 bits per heavy atom. The molecule has 2 rings (SSSR count). The molecule has 0 aliphatic rings. The number of rotatable bonds is 5. The Kier molecular flexibility index (Phi) is 3.74. The number of pyridine rings is 1. The van der Waals surface area contributed by atoms with E-state index in [9.17, 15) is 9.59 Å². The van der Waals surface area contributed by atoms with Crippen LogP contribution in [0.5, 0.6) is 0 Å². The smallest absolute Gasteiger partial charge is 0.358 e. The third-order valence-corrected chi connectivity index (χ3v) is 2.83. The molecule has 0 amide bonds. The van der Waals surface area contributed by atoms with Gasteiger partial charge in [0.25, 0.3) is 5.56 Å². The minimum absolute atomic E-state index is 0.0251. The van der Waals surface area contributed by atoms with Crippen LogP contribution in [0.15, 0.2) is 29.2 Å². The van der Waals surface area contributed by atoms with E-state index < -0.39 is 5.97 Å². The Morgan fingerprint density at radius 3 is 2.79 bits per heavy atom. The number of carboxylic acids is 1. The van der Waals surface area contributed by atoms with Gasteiger partial charge in [-0.3, -0.25) is 4.79 Å². The summed E-state index contributed by atoms with van der Waals surface area (Å²) in [6, 6.07) is 4.92. The molecule has 2 aromatic rings. The Hall–Kier alpha value is -2.44. The lowest BCUT2D eigenvalue weighted by Crippen LogP contribution is -2.21. The van der Waals surface area contributed by atoms with Gasteiger partial charge >= 0.3 is 5.97 Å². The molecule has 0 aliphatic carbocycles. The highest BCUT2D eigenvalue weighted by Gasteiger charge is 2.16. The molecule has 100 valence electrons. The Morgan fingerprint density at radius 2 is 2.16 bits per heavy atom. The summed E-state index contributed by atoms with van der Waals surface area (Å²) in [5.74, 6) is -1.08. The third-order valence-electron chi connectivity index (χ3n) is 2.83. The number of nitrogens with zero attached hydrogens (tertiary/aromatic N) is 4. The first-order chi connectivity index (χ1) is 9.13. The molecular formula is C12H14N4O3. The van der Waals surface area contributed by atoms with Crippen molar-refractivity contribution in [2.24, 2.45) is 0 Å². The van der Waals surface area contributed by atoms with Gasteiger partial charge < -0.3 is 9.67 Å². The molecule has 0 radical (unpaired) electrons. The lowest BCUT2D eigenvalue weighted by Gasteiger charge is -2.07. The van der Waals surface area contributed by atoms with Gasteiger partial charge in [0, 0.05) is 18.8 Å². The molecule has 19 heavy (non-hydrogen) atoms. The first-order valence-corrected chi connectivity index (χ1v) is 5.94. The lowest BCUT2D eigenvalue weighted by molar-refractivity contribution is 0.0689. The highest BCUT2D eigenvalue weighted by Crippen LogP contribution is 2.06. The third kappa shape index (κ3) is 2.70. The fraction of sp³-hybridized carbons (Fsp3) is 0.333. The highest BCUT2D eigenvalue weighted by atomic mass is 16.4. The second kappa shape index (κ2) is 5.47. The second-order valence-corrected chi connectivity index (χ2v) is 4.00. The van der Waals surface area contributed by atoms with Crippen molar-refractivity contribution in [2.75, 3.05) is 0 Å². The van der Waals surface area contributed by atoms with Gasteiger partial charge in [-0.05, 0) is 12.5 Å². The summed E-state index contributed by atoms with van der Waals surface area (Å²) in [6.45, 7) is 2.68. The summed E-state index contributed by atoms with van der Waals surface area (Å²) in [6.07, 6.45) is 2.21. The van der Waals surface area contributed by atoms with Crippen molar-refractivity contribution in [3.8, 4) is 0 Å². The molecular weight excluding hydrogens is 248 g/mol. The van der Waals surface area contributed by atoms with Gasteiger partial charge in [-0.15, -0.1) is 5.10 Å². The lowest BCUT2D eigenvalue weighted by atomic mass is 10.2. The molecule has 1 N–H and O–H groups in total. The van der Waals surface area contributed by atoms with Crippen molar-refractivity contribution < 1.29 is 9.90 Å². The van der Waals surface area contributed by atoms with Crippen LogP contribution in [-0.2, 0) is 19.5 Å². The SMILES string of the molecule is CCc1c(C(=O)O)nnn1CCn1ccccc1=O. The number of aromatic nitrogens is 4. The van der Waals surface area contributed by atoms with Crippen molar-refractivity contribution in [2.45, 2.75) is 26.4 Å². The van der Waals surface area contributed by atoms with Gasteiger partial charge in [0.05, 0.1) is 12.2 Å². The molecule has 0 atom stereocenters. The number of carboxylic acid groups (broad SMARTS) is 1. The van der Waals surface area contributed by atoms with Gasteiger partial charge in [0.15, 0.2) is 5.69 Å². The van der Waals surface area contributed by atoms with E-state index in [-0.39, 0.29) is 11.3 Å². The molecule has 0 aromatic carbocycles. The Bertz CT molecular complexity index is 644. The number of hydrogen-bond donors (Lipinski definition) is 1. The van der Waals surface area contributed by atoms with Gasteiger partial charge in [0.1, 0.15) is 0 Å². The van der Waals surface area contributed by atoms with Gasteiger partial charge in [0.2, 0.25) is 0 Å². The monoisotopic (exact) mass is 262 g/mol. The summed E-state index contributed by atoms with van der Waals surface area (Å²) >= 11 is 0. The Balaban J connectivity index is 2.19. The molecule has 7 nitrogen and oxygen atoms in total. The van der Waals surface area contributed by atoms with Crippen LogP contribution in [0, 0.1) is 0 Å². The first kappa shape index (κ1) is 13.0. The van der Waals surface area contributed by atoms with Crippen LogP contribution in [0.3, 0.4) is 0 Å². The van der Waals surface area contributed by atoms with E-state index in [1.54, 1.807) is 22.9 Å². The van der Waals surface area contributed by atoms with E-state index in [4.69, 9.17) is 5.11 Å². The molecule has 0 saturated carbocycles. The number of carbonyl (C=O) groups is 1. The molecule has 0 aliphatic heterocycles. The van der Waals surface area contributed by atoms with Crippen LogP contribution in [-0.4, -0.2) is 30.6 Å². The van der Waals surface area contributed by atoms with Crippen molar-refractivity contribution in [1.29, 1.82) is 0 Å². The van der Waals surface area contributed by atoms with Gasteiger partial charge in [-0.2, -0.15) is 0 Å². The van der Waals surface area contributed by atoms with Gasteiger partial charge in [-0.1, -0.05) is 18.2 Å². The predicted molar refractivity (Wildman–Crippen MR) is 67.1 cm³/mol. The van der Waals surface area contributed by atoms with E-state index in [0.717, 1.165) is 0 Å². The summed E-state index contributed by atoms with van der Waals surface area (Å²) in [4.78, 5) is 22.5. The van der Waals surface area contributed by atoms with Crippen molar-refractivity contribution in [1.82, 2.24) is 19.6 Å². The minimum atomic E-state index is -1.08. The number of aromatic carboxylic acids is 1. The van der Waals surface area contributed by atoms with Crippen LogP contribution in [0.2, 0.25) is 0 Å². The minimum Gasteiger partial charge on any atom is -0.476 e. The predicted octanol–water partition coefficient (Wildman–Crippen LogP) is 0.401. The maximum absolute atomic E-state index is 11.5. The molecule has 0 unspecified atom stereocenters. The van der Waals surface area contributed by atoms with E-state index in [0.29, 0.717) is 25.2 Å². The zero-order valence-electron chi connectivity index (χ0n) is 10.5. The fourth-order valence-corrected chi connectivity index (χ4v) is 1.88. The summed E-state index contributed by atoms with van der Waals surface area (Å²) in [5, 5.41) is 16.4.